The molecule has 6 nitrogen and oxygen atoms in total. The van der Waals surface area contributed by atoms with Crippen LogP contribution in [0.2, 0.25) is 0 Å². The average molecular weight is 353 g/mol. The summed E-state index contributed by atoms with van der Waals surface area (Å²) < 4.78 is 2.07. The van der Waals surface area contributed by atoms with E-state index in [1.165, 1.54) is 0 Å². The Morgan fingerprint density at radius 2 is 2.16 bits per heavy atom. The molecule has 0 saturated carbocycles. The Morgan fingerprint density at radius 3 is 2.96 bits per heavy atom. The van der Waals surface area contributed by atoms with E-state index in [1.54, 1.807) is 11.8 Å². The molecule has 3 aromatic heterocycles. The second kappa shape index (κ2) is 6.84. The van der Waals surface area contributed by atoms with E-state index in [4.69, 9.17) is 0 Å². The van der Waals surface area contributed by atoms with Crippen molar-refractivity contribution in [3.63, 3.8) is 0 Å². The number of thioether (sulfide) groups is 1. The molecule has 4 rings (SSSR count). The van der Waals surface area contributed by atoms with Crippen LogP contribution in [0.4, 0.5) is 0 Å². The van der Waals surface area contributed by atoms with Crippen LogP contribution >= 0.6 is 11.8 Å². The Bertz CT molecular complexity index is 905. The van der Waals surface area contributed by atoms with Crippen molar-refractivity contribution in [1.82, 2.24) is 24.7 Å². The molecule has 25 heavy (non-hydrogen) atoms. The molecule has 1 aliphatic rings. The van der Waals surface area contributed by atoms with E-state index >= 15 is 0 Å². The zero-order chi connectivity index (χ0) is 17.2. The van der Waals surface area contributed by atoms with Crippen LogP contribution in [0.1, 0.15) is 42.6 Å². The van der Waals surface area contributed by atoms with Crippen LogP contribution in [-0.4, -0.2) is 31.0 Å². The lowest BCUT2D eigenvalue weighted by Gasteiger charge is -2.15. The highest BCUT2D eigenvalue weighted by molar-refractivity contribution is 7.99. The van der Waals surface area contributed by atoms with Crippen molar-refractivity contribution >= 4 is 23.3 Å². The second-order valence-electron chi connectivity index (χ2n) is 6.05. The molecule has 3 aromatic rings. The lowest BCUT2D eigenvalue weighted by atomic mass is 9.94. The SMILES string of the molecule is CCCSc1ncc([C@@H]2CC(=O)NCc3nc4ccccn4c32)cn1. The maximum atomic E-state index is 12.2. The van der Waals surface area contributed by atoms with Crippen LogP contribution in [-0.2, 0) is 11.3 Å². The van der Waals surface area contributed by atoms with Crippen LogP contribution in [0.5, 0.6) is 0 Å². The van der Waals surface area contributed by atoms with Gasteiger partial charge in [0.2, 0.25) is 5.91 Å². The van der Waals surface area contributed by atoms with E-state index in [2.05, 4.69) is 31.6 Å². The zero-order valence-electron chi connectivity index (χ0n) is 14.0. The summed E-state index contributed by atoms with van der Waals surface area (Å²) in [7, 11) is 0. The van der Waals surface area contributed by atoms with Gasteiger partial charge in [0.25, 0.3) is 0 Å². The van der Waals surface area contributed by atoms with Gasteiger partial charge in [-0.3, -0.25) is 4.79 Å². The fraction of sp³-hybridized carbons (Fsp3) is 0.333. The molecule has 4 heterocycles. The molecular weight excluding hydrogens is 334 g/mol. The number of pyridine rings is 1. The summed E-state index contributed by atoms with van der Waals surface area (Å²) in [6, 6.07) is 5.93. The third-order valence-electron chi connectivity index (χ3n) is 4.30. The number of aromatic nitrogens is 4. The summed E-state index contributed by atoms with van der Waals surface area (Å²) in [4.78, 5) is 25.8. The number of nitrogens with zero attached hydrogens (tertiary/aromatic N) is 4. The van der Waals surface area contributed by atoms with Crippen molar-refractivity contribution in [2.24, 2.45) is 0 Å². The van der Waals surface area contributed by atoms with Crippen molar-refractivity contribution < 1.29 is 4.79 Å². The Balaban J connectivity index is 1.76. The molecule has 0 radical (unpaired) electrons. The standard InChI is InChI=1S/C18H19N5OS/c1-2-7-25-18-20-9-12(10-21-18)13-8-16(24)19-11-14-17(13)23-6-4-3-5-15(23)22-14/h3-6,9-10,13H,2,7-8,11H2,1H3,(H,19,24)/t13-/m0/s1. The van der Waals surface area contributed by atoms with Crippen LogP contribution in [0.15, 0.2) is 41.9 Å². The summed E-state index contributed by atoms with van der Waals surface area (Å²) in [5.41, 5.74) is 3.80. The van der Waals surface area contributed by atoms with E-state index in [-0.39, 0.29) is 11.8 Å². The van der Waals surface area contributed by atoms with Gasteiger partial charge in [-0.25, -0.2) is 15.0 Å². The second-order valence-corrected chi connectivity index (χ2v) is 7.12. The van der Waals surface area contributed by atoms with Crippen molar-refractivity contribution in [1.29, 1.82) is 0 Å². The molecule has 0 aliphatic carbocycles. The molecule has 0 bridgehead atoms. The Hall–Kier alpha value is -2.41. The lowest BCUT2D eigenvalue weighted by molar-refractivity contribution is -0.121. The van der Waals surface area contributed by atoms with E-state index < -0.39 is 0 Å². The molecule has 0 spiro atoms. The Morgan fingerprint density at radius 1 is 1.32 bits per heavy atom. The minimum atomic E-state index is -0.0971. The van der Waals surface area contributed by atoms with Gasteiger partial charge in [0.05, 0.1) is 17.9 Å². The molecular formula is C18H19N5OS. The number of rotatable bonds is 4. The molecule has 128 valence electrons. The van der Waals surface area contributed by atoms with Gasteiger partial charge in [0, 0.05) is 36.7 Å². The van der Waals surface area contributed by atoms with E-state index in [0.717, 1.165) is 39.9 Å². The lowest BCUT2D eigenvalue weighted by Crippen LogP contribution is -2.21. The van der Waals surface area contributed by atoms with Crippen LogP contribution in [0.25, 0.3) is 5.65 Å². The number of carbonyl (C=O) groups is 1. The number of nitrogens with one attached hydrogen (secondary N) is 1. The van der Waals surface area contributed by atoms with E-state index in [1.807, 2.05) is 36.8 Å². The number of imidazole rings is 1. The van der Waals surface area contributed by atoms with Crippen molar-refractivity contribution in [2.75, 3.05) is 5.75 Å². The van der Waals surface area contributed by atoms with Gasteiger partial charge in [-0.1, -0.05) is 24.8 Å². The molecule has 1 amide bonds. The Labute approximate surface area is 150 Å². The fourth-order valence-electron chi connectivity index (χ4n) is 3.15. The fourth-order valence-corrected chi connectivity index (χ4v) is 3.79. The van der Waals surface area contributed by atoms with E-state index in [9.17, 15) is 4.79 Å². The summed E-state index contributed by atoms with van der Waals surface area (Å²) >= 11 is 1.65. The van der Waals surface area contributed by atoms with Gasteiger partial charge in [-0.05, 0) is 24.1 Å². The Kier molecular flexibility index (Phi) is 4.40. The molecule has 1 aliphatic heterocycles. The summed E-state index contributed by atoms with van der Waals surface area (Å²) in [6.07, 6.45) is 7.15. The van der Waals surface area contributed by atoms with Crippen LogP contribution in [0, 0.1) is 0 Å². The number of fused-ring (bicyclic) bond motifs is 3. The topological polar surface area (TPSA) is 72.2 Å². The van der Waals surface area contributed by atoms with E-state index in [0.29, 0.717) is 13.0 Å². The molecule has 0 fully saturated rings. The number of hydrogen-bond donors (Lipinski definition) is 1. The minimum Gasteiger partial charge on any atom is -0.350 e. The molecule has 1 atom stereocenters. The van der Waals surface area contributed by atoms with Crippen LogP contribution < -0.4 is 5.32 Å². The van der Waals surface area contributed by atoms with Gasteiger partial charge in [-0.2, -0.15) is 0 Å². The number of hydrogen-bond acceptors (Lipinski definition) is 5. The van der Waals surface area contributed by atoms with Gasteiger partial charge >= 0.3 is 0 Å². The monoisotopic (exact) mass is 353 g/mol. The smallest absolute Gasteiger partial charge is 0.221 e. The molecule has 0 unspecified atom stereocenters. The first kappa shape index (κ1) is 16.1. The number of carbonyl (C=O) groups excluding carboxylic acids is 1. The highest BCUT2D eigenvalue weighted by Gasteiger charge is 2.29. The first-order chi connectivity index (χ1) is 12.3. The van der Waals surface area contributed by atoms with Crippen molar-refractivity contribution in [3.05, 3.63) is 53.7 Å². The predicted molar refractivity (Wildman–Crippen MR) is 96.5 cm³/mol. The average Bonchev–Trinajstić information content (AvgIpc) is 2.93. The highest BCUT2D eigenvalue weighted by atomic mass is 32.2. The quantitative estimate of drug-likeness (QED) is 0.577. The summed E-state index contributed by atoms with van der Waals surface area (Å²) in [5.74, 6) is 0.931. The van der Waals surface area contributed by atoms with Crippen molar-refractivity contribution in [3.8, 4) is 0 Å². The van der Waals surface area contributed by atoms with Gasteiger partial charge in [-0.15, -0.1) is 0 Å². The summed E-state index contributed by atoms with van der Waals surface area (Å²) in [5, 5.41) is 3.72. The molecule has 1 N–H and O–H groups in total. The van der Waals surface area contributed by atoms with Gasteiger partial charge < -0.3 is 9.72 Å². The third-order valence-corrected chi connectivity index (χ3v) is 5.38. The first-order valence-electron chi connectivity index (χ1n) is 8.43. The van der Waals surface area contributed by atoms with Crippen LogP contribution in [0.3, 0.4) is 0 Å². The van der Waals surface area contributed by atoms with Gasteiger partial charge in [0.15, 0.2) is 5.16 Å². The zero-order valence-corrected chi connectivity index (χ0v) is 14.8. The normalized spacial score (nSPS) is 17.2. The minimum absolute atomic E-state index is 0.0251. The van der Waals surface area contributed by atoms with Crippen molar-refractivity contribution in [2.45, 2.75) is 37.4 Å². The predicted octanol–water partition coefficient (Wildman–Crippen LogP) is 2.78. The molecule has 7 heteroatoms. The number of amides is 1. The largest absolute Gasteiger partial charge is 0.350 e. The molecule has 0 saturated heterocycles. The highest BCUT2D eigenvalue weighted by Crippen LogP contribution is 2.32. The third kappa shape index (κ3) is 3.11. The molecule has 0 aromatic carbocycles. The first-order valence-corrected chi connectivity index (χ1v) is 9.42. The summed E-state index contributed by atoms with van der Waals surface area (Å²) in [6.45, 7) is 2.59. The maximum absolute atomic E-state index is 12.2. The van der Waals surface area contributed by atoms with Gasteiger partial charge in [0.1, 0.15) is 5.65 Å². The maximum Gasteiger partial charge on any atom is 0.221 e.